The summed E-state index contributed by atoms with van der Waals surface area (Å²) in [5, 5.41) is 11.7. The van der Waals surface area contributed by atoms with Gasteiger partial charge in [0.25, 0.3) is 0 Å². The number of allylic oxidation sites excluding steroid dienone is 1. The Kier molecular flexibility index (Phi) is 4.87. The van der Waals surface area contributed by atoms with Gasteiger partial charge in [0.05, 0.1) is 18.1 Å². The number of aliphatic hydroxyl groups excluding tert-OH is 1. The maximum Gasteiger partial charge on any atom is 0.334 e. The van der Waals surface area contributed by atoms with E-state index in [4.69, 9.17) is 18.9 Å². The van der Waals surface area contributed by atoms with E-state index in [9.17, 15) is 19.5 Å². The first kappa shape index (κ1) is 22.8. The highest BCUT2D eigenvalue weighted by Gasteiger charge is 2.81. The normalized spacial score (nSPS) is 49.1. The summed E-state index contributed by atoms with van der Waals surface area (Å²) < 4.78 is 23.7. The van der Waals surface area contributed by atoms with Gasteiger partial charge in [-0.2, -0.15) is 0 Å². The molecule has 5 aliphatic rings. The zero-order valence-corrected chi connectivity index (χ0v) is 19.9. The molecule has 0 aromatic heterocycles. The van der Waals surface area contributed by atoms with Crippen LogP contribution in [0.2, 0.25) is 0 Å². The Bertz CT molecular complexity index is 943. The van der Waals surface area contributed by atoms with Crippen LogP contribution in [0.3, 0.4) is 0 Å². The van der Waals surface area contributed by atoms with Crippen LogP contribution in [-0.4, -0.2) is 59.1 Å². The minimum absolute atomic E-state index is 0.0396. The molecule has 5 rings (SSSR count). The molecule has 0 aromatic carbocycles. The summed E-state index contributed by atoms with van der Waals surface area (Å²) in [6.07, 6.45) is 4.22. The van der Waals surface area contributed by atoms with Gasteiger partial charge in [0.2, 0.25) is 0 Å². The van der Waals surface area contributed by atoms with Crippen LogP contribution in [0.1, 0.15) is 72.6 Å². The van der Waals surface area contributed by atoms with E-state index >= 15 is 0 Å². The molecule has 8 nitrogen and oxygen atoms in total. The second kappa shape index (κ2) is 7.04. The van der Waals surface area contributed by atoms with Crippen LogP contribution in [0.25, 0.3) is 0 Å². The summed E-state index contributed by atoms with van der Waals surface area (Å²) in [5.74, 6) is -1.52. The molecule has 3 heterocycles. The van der Waals surface area contributed by atoms with E-state index in [-0.39, 0.29) is 37.9 Å². The lowest BCUT2D eigenvalue weighted by atomic mass is 9.40. The van der Waals surface area contributed by atoms with Crippen molar-refractivity contribution in [1.29, 1.82) is 0 Å². The molecule has 182 valence electrons. The summed E-state index contributed by atoms with van der Waals surface area (Å²) in [4.78, 5) is 38.3. The van der Waals surface area contributed by atoms with Crippen LogP contribution in [0, 0.1) is 16.7 Å². The molecule has 0 bridgehead atoms. The van der Waals surface area contributed by atoms with E-state index in [1.54, 1.807) is 19.9 Å². The van der Waals surface area contributed by atoms with Crippen molar-refractivity contribution in [2.24, 2.45) is 16.7 Å². The van der Waals surface area contributed by atoms with E-state index in [2.05, 4.69) is 6.92 Å². The highest BCUT2D eigenvalue weighted by Crippen LogP contribution is 2.71. The summed E-state index contributed by atoms with van der Waals surface area (Å²) in [7, 11) is 0. The average molecular weight is 463 g/mol. The molecule has 3 saturated heterocycles. The van der Waals surface area contributed by atoms with Gasteiger partial charge in [-0.3, -0.25) is 9.59 Å². The Labute approximate surface area is 194 Å². The number of ether oxygens (including phenoxy) is 4. The van der Waals surface area contributed by atoms with Crippen LogP contribution >= 0.6 is 0 Å². The second-order valence-electron chi connectivity index (χ2n) is 11.2. The van der Waals surface area contributed by atoms with Crippen molar-refractivity contribution in [1.82, 2.24) is 0 Å². The number of hydrogen-bond donors (Lipinski definition) is 1. The van der Waals surface area contributed by atoms with Gasteiger partial charge in [0, 0.05) is 17.4 Å². The first-order valence-corrected chi connectivity index (χ1v) is 12.0. The standard InChI is InChI=1S/C25H34O8/c1-5-15(2)19(28)32-24-8-6-7-16-21(3)9-10-23(12-18(27)30-13-23)33-22(21,4)11-17(26)25(16,24)20(29)31-14-24/h5,16-17,26H,6-14H2,1-4H3/b15-5+/t16-,17+,21-,22+,23+,24-,25+/m1/s1. The second-order valence-corrected chi connectivity index (χ2v) is 11.2. The average Bonchev–Trinajstić information content (AvgIpc) is 3.27. The molecule has 2 saturated carbocycles. The Morgan fingerprint density at radius 3 is 2.58 bits per heavy atom. The Morgan fingerprint density at radius 1 is 1.15 bits per heavy atom. The number of carbonyl (C=O) groups excluding carboxylic acids is 3. The van der Waals surface area contributed by atoms with Gasteiger partial charge < -0.3 is 24.1 Å². The maximum atomic E-state index is 13.5. The predicted molar refractivity (Wildman–Crippen MR) is 115 cm³/mol. The number of carbonyl (C=O) groups is 3. The first-order chi connectivity index (χ1) is 15.5. The van der Waals surface area contributed by atoms with E-state index in [1.165, 1.54) is 0 Å². The molecule has 5 fully saturated rings. The fourth-order valence-corrected chi connectivity index (χ4v) is 7.75. The number of fused-ring (bicyclic) bond motifs is 2. The lowest BCUT2D eigenvalue weighted by Gasteiger charge is -2.68. The maximum absolute atomic E-state index is 13.5. The molecule has 33 heavy (non-hydrogen) atoms. The molecule has 0 aromatic rings. The molecule has 0 unspecified atom stereocenters. The fourth-order valence-electron chi connectivity index (χ4n) is 7.75. The van der Waals surface area contributed by atoms with E-state index in [0.717, 1.165) is 6.42 Å². The molecule has 0 radical (unpaired) electrons. The minimum atomic E-state index is -1.33. The molecular formula is C25H34O8. The first-order valence-electron chi connectivity index (χ1n) is 12.0. The van der Waals surface area contributed by atoms with E-state index < -0.39 is 45.7 Å². The Balaban J connectivity index is 1.58. The summed E-state index contributed by atoms with van der Waals surface area (Å²) >= 11 is 0. The summed E-state index contributed by atoms with van der Waals surface area (Å²) in [5.41, 5.74) is -4.04. The van der Waals surface area contributed by atoms with Crippen molar-refractivity contribution in [2.75, 3.05) is 13.2 Å². The van der Waals surface area contributed by atoms with Crippen molar-refractivity contribution in [3.05, 3.63) is 11.6 Å². The monoisotopic (exact) mass is 462 g/mol. The van der Waals surface area contributed by atoms with Gasteiger partial charge >= 0.3 is 17.9 Å². The van der Waals surface area contributed by atoms with Crippen molar-refractivity contribution < 1.29 is 38.4 Å². The molecule has 7 atom stereocenters. The largest absolute Gasteiger partial charge is 0.463 e. The SMILES string of the molecule is C/C=C(\C)C(=O)O[C@@]12CCC[C@H]3[C@@]1(C(=O)OC2)[C@@H](O)C[C@]1(C)O[C@]2(CC[C@]31C)COC(=O)C2. The quantitative estimate of drug-likeness (QED) is 0.379. The van der Waals surface area contributed by atoms with Crippen LogP contribution < -0.4 is 0 Å². The van der Waals surface area contributed by atoms with Gasteiger partial charge in [-0.05, 0) is 58.8 Å². The lowest BCUT2D eigenvalue weighted by Crippen LogP contribution is -2.76. The van der Waals surface area contributed by atoms with Gasteiger partial charge in [0.1, 0.15) is 24.2 Å². The third-order valence-electron chi connectivity index (χ3n) is 9.78. The van der Waals surface area contributed by atoms with Crippen molar-refractivity contribution in [3.63, 3.8) is 0 Å². The van der Waals surface area contributed by atoms with Crippen LogP contribution in [0.4, 0.5) is 0 Å². The van der Waals surface area contributed by atoms with Crippen LogP contribution in [-0.2, 0) is 33.3 Å². The van der Waals surface area contributed by atoms with Crippen molar-refractivity contribution in [3.8, 4) is 0 Å². The van der Waals surface area contributed by atoms with Gasteiger partial charge in [-0.1, -0.05) is 13.0 Å². The number of rotatable bonds is 2. The van der Waals surface area contributed by atoms with Crippen molar-refractivity contribution >= 4 is 17.9 Å². The Hall–Kier alpha value is -1.93. The minimum Gasteiger partial charge on any atom is -0.463 e. The van der Waals surface area contributed by atoms with E-state index in [0.29, 0.717) is 31.3 Å². The summed E-state index contributed by atoms with van der Waals surface area (Å²) in [6.45, 7) is 7.73. The fraction of sp³-hybridized carbons (Fsp3) is 0.800. The molecule has 3 aliphatic heterocycles. The molecular weight excluding hydrogens is 428 g/mol. The smallest absolute Gasteiger partial charge is 0.334 e. The van der Waals surface area contributed by atoms with E-state index in [1.807, 2.05) is 6.92 Å². The molecule has 2 aliphatic carbocycles. The molecule has 1 N–H and O–H groups in total. The van der Waals surface area contributed by atoms with Gasteiger partial charge in [-0.25, -0.2) is 4.79 Å². The third-order valence-corrected chi connectivity index (χ3v) is 9.78. The zero-order valence-electron chi connectivity index (χ0n) is 19.9. The number of esters is 3. The Morgan fingerprint density at radius 2 is 1.91 bits per heavy atom. The molecule has 0 amide bonds. The number of hydrogen-bond acceptors (Lipinski definition) is 8. The lowest BCUT2D eigenvalue weighted by molar-refractivity contribution is -0.324. The molecule has 2 spiro atoms. The topological polar surface area (TPSA) is 108 Å². The van der Waals surface area contributed by atoms with Gasteiger partial charge in [0.15, 0.2) is 5.60 Å². The number of cyclic esters (lactones) is 2. The highest BCUT2D eigenvalue weighted by atomic mass is 16.6. The third kappa shape index (κ3) is 2.74. The van der Waals surface area contributed by atoms with Gasteiger partial charge in [-0.15, -0.1) is 0 Å². The zero-order chi connectivity index (χ0) is 23.9. The highest BCUT2D eigenvalue weighted by molar-refractivity contribution is 5.90. The van der Waals surface area contributed by atoms with Crippen molar-refractivity contribution in [2.45, 2.75) is 95.5 Å². The molecule has 8 heteroatoms. The van der Waals surface area contributed by atoms with Crippen LogP contribution in [0.5, 0.6) is 0 Å². The summed E-state index contributed by atoms with van der Waals surface area (Å²) in [6, 6.07) is 0. The van der Waals surface area contributed by atoms with Crippen LogP contribution in [0.15, 0.2) is 11.6 Å². The predicted octanol–water partition coefficient (Wildman–Crippen LogP) is 2.60. The number of aliphatic hydroxyl groups is 1.